The smallest absolute Gasteiger partial charge is 0.311 e. The molecule has 0 aliphatic heterocycles. The summed E-state index contributed by atoms with van der Waals surface area (Å²) in [6, 6.07) is 1.70. The van der Waals surface area contributed by atoms with Crippen LogP contribution >= 0.6 is 0 Å². The standard InChI is InChI=1S/C15H23N3O3/c1-10-4-6-15(7-5-10,14(20)21)9-16-13(19)12-8-11(2)17-18(12)3/h8,10H,4-7,9H2,1-3H3,(H,16,19)(H,20,21). The van der Waals surface area contributed by atoms with Gasteiger partial charge < -0.3 is 10.4 Å². The van der Waals surface area contributed by atoms with Crippen LogP contribution in [0.5, 0.6) is 0 Å². The number of carbonyl (C=O) groups excluding carboxylic acids is 1. The Morgan fingerprint density at radius 3 is 2.57 bits per heavy atom. The van der Waals surface area contributed by atoms with E-state index in [9.17, 15) is 14.7 Å². The number of nitrogens with one attached hydrogen (secondary N) is 1. The number of aryl methyl sites for hydroxylation is 2. The van der Waals surface area contributed by atoms with Crippen molar-refractivity contribution in [3.05, 3.63) is 17.5 Å². The molecule has 1 amide bonds. The lowest BCUT2D eigenvalue weighted by Gasteiger charge is -2.35. The molecule has 0 aromatic carbocycles. The SMILES string of the molecule is Cc1cc(C(=O)NCC2(C(=O)O)CCC(C)CC2)n(C)n1. The quantitative estimate of drug-likeness (QED) is 0.885. The van der Waals surface area contributed by atoms with Gasteiger partial charge in [0, 0.05) is 13.6 Å². The summed E-state index contributed by atoms with van der Waals surface area (Å²) in [7, 11) is 1.71. The number of nitrogens with zero attached hydrogens (tertiary/aromatic N) is 2. The highest BCUT2D eigenvalue weighted by molar-refractivity contribution is 5.93. The van der Waals surface area contributed by atoms with Crippen LogP contribution in [0.15, 0.2) is 6.07 Å². The number of carboxylic acid groups (broad SMARTS) is 1. The highest BCUT2D eigenvalue weighted by Crippen LogP contribution is 2.38. The van der Waals surface area contributed by atoms with Crippen LogP contribution in [-0.2, 0) is 11.8 Å². The number of hydrogen-bond acceptors (Lipinski definition) is 3. The molecule has 0 atom stereocenters. The first kappa shape index (κ1) is 15.5. The van der Waals surface area contributed by atoms with Crippen molar-refractivity contribution in [2.24, 2.45) is 18.4 Å². The second-order valence-electron chi connectivity index (χ2n) is 6.25. The number of aromatic nitrogens is 2. The van der Waals surface area contributed by atoms with Crippen LogP contribution in [0, 0.1) is 18.3 Å². The van der Waals surface area contributed by atoms with E-state index in [1.54, 1.807) is 13.1 Å². The van der Waals surface area contributed by atoms with Crippen molar-refractivity contribution in [3.63, 3.8) is 0 Å². The van der Waals surface area contributed by atoms with Gasteiger partial charge in [0.05, 0.1) is 11.1 Å². The normalized spacial score (nSPS) is 25.6. The third-order valence-electron chi connectivity index (χ3n) is 4.51. The van der Waals surface area contributed by atoms with E-state index in [0.29, 0.717) is 24.5 Å². The molecule has 1 saturated carbocycles. The maximum absolute atomic E-state index is 12.2. The molecule has 0 bridgehead atoms. The van der Waals surface area contributed by atoms with Crippen molar-refractivity contribution < 1.29 is 14.7 Å². The molecule has 0 saturated heterocycles. The van der Waals surface area contributed by atoms with Crippen LogP contribution in [0.1, 0.15) is 48.8 Å². The van der Waals surface area contributed by atoms with Gasteiger partial charge in [-0.15, -0.1) is 0 Å². The van der Waals surface area contributed by atoms with Crippen molar-refractivity contribution >= 4 is 11.9 Å². The van der Waals surface area contributed by atoms with E-state index >= 15 is 0 Å². The summed E-state index contributed by atoms with van der Waals surface area (Å²) < 4.78 is 1.51. The average Bonchev–Trinajstić information content (AvgIpc) is 2.77. The summed E-state index contributed by atoms with van der Waals surface area (Å²) in [4.78, 5) is 23.8. The molecule has 1 heterocycles. The molecule has 0 unspecified atom stereocenters. The molecule has 0 spiro atoms. The van der Waals surface area contributed by atoms with Crippen molar-refractivity contribution in [2.45, 2.75) is 39.5 Å². The molecule has 2 N–H and O–H groups in total. The van der Waals surface area contributed by atoms with Gasteiger partial charge in [-0.25, -0.2) is 0 Å². The number of rotatable bonds is 4. The third kappa shape index (κ3) is 3.25. The fourth-order valence-electron chi connectivity index (χ4n) is 2.94. The lowest BCUT2D eigenvalue weighted by molar-refractivity contribution is -0.151. The molecule has 1 fully saturated rings. The molecule has 2 rings (SSSR count). The Labute approximate surface area is 124 Å². The largest absolute Gasteiger partial charge is 0.481 e. The lowest BCUT2D eigenvalue weighted by Crippen LogP contribution is -2.45. The molecule has 116 valence electrons. The molecule has 1 aromatic rings. The third-order valence-corrected chi connectivity index (χ3v) is 4.51. The molecule has 6 nitrogen and oxygen atoms in total. The molecular formula is C15H23N3O3. The highest BCUT2D eigenvalue weighted by atomic mass is 16.4. The van der Waals surface area contributed by atoms with Crippen molar-refractivity contribution in [3.8, 4) is 0 Å². The Morgan fingerprint density at radius 1 is 1.48 bits per heavy atom. The molecule has 21 heavy (non-hydrogen) atoms. The number of carboxylic acids is 1. The van der Waals surface area contributed by atoms with Gasteiger partial charge in [0.2, 0.25) is 0 Å². The molecule has 1 aromatic heterocycles. The van der Waals surface area contributed by atoms with E-state index < -0.39 is 11.4 Å². The molecule has 0 radical (unpaired) electrons. The highest BCUT2D eigenvalue weighted by Gasteiger charge is 2.41. The Balaban J connectivity index is 2.04. The zero-order valence-corrected chi connectivity index (χ0v) is 12.8. The fraction of sp³-hybridized carbons (Fsp3) is 0.667. The van der Waals surface area contributed by atoms with Crippen molar-refractivity contribution in [1.29, 1.82) is 0 Å². The van der Waals surface area contributed by atoms with Gasteiger partial charge in [0.25, 0.3) is 5.91 Å². The Kier molecular flexibility index (Phi) is 4.34. The van der Waals surface area contributed by atoms with Crippen molar-refractivity contribution in [2.75, 3.05) is 6.54 Å². The van der Waals surface area contributed by atoms with E-state index in [1.165, 1.54) is 4.68 Å². The maximum atomic E-state index is 12.2. The topological polar surface area (TPSA) is 84.2 Å². The Morgan fingerprint density at radius 2 is 2.10 bits per heavy atom. The van der Waals surface area contributed by atoms with Gasteiger partial charge in [0.1, 0.15) is 5.69 Å². The van der Waals surface area contributed by atoms with Gasteiger partial charge in [-0.1, -0.05) is 6.92 Å². The van der Waals surface area contributed by atoms with E-state index in [1.807, 2.05) is 6.92 Å². The van der Waals surface area contributed by atoms with E-state index in [0.717, 1.165) is 18.5 Å². The van der Waals surface area contributed by atoms with Crippen LogP contribution in [0.2, 0.25) is 0 Å². The van der Waals surface area contributed by atoms with E-state index in [-0.39, 0.29) is 12.5 Å². The second kappa shape index (κ2) is 5.87. The molecule has 1 aliphatic rings. The zero-order valence-electron chi connectivity index (χ0n) is 12.8. The second-order valence-corrected chi connectivity index (χ2v) is 6.25. The van der Waals surface area contributed by atoms with Crippen LogP contribution in [-0.4, -0.2) is 33.3 Å². The van der Waals surface area contributed by atoms with Crippen LogP contribution in [0.3, 0.4) is 0 Å². The molecule has 1 aliphatic carbocycles. The number of amides is 1. The zero-order chi connectivity index (χ0) is 15.6. The van der Waals surface area contributed by atoms with Crippen LogP contribution < -0.4 is 5.32 Å². The average molecular weight is 293 g/mol. The predicted molar refractivity (Wildman–Crippen MR) is 78.0 cm³/mol. The fourth-order valence-corrected chi connectivity index (χ4v) is 2.94. The van der Waals surface area contributed by atoms with E-state index in [2.05, 4.69) is 17.3 Å². The van der Waals surface area contributed by atoms with Gasteiger partial charge in [-0.2, -0.15) is 5.10 Å². The minimum absolute atomic E-state index is 0.179. The van der Waals surface area contributed by atoms with Gasteiger partial charge in [-0.3, -0.25) is 14.3 Å². The summed E-state index contributed by atoms with van der Waals surface area (Å²) in [5, 5.41) is 16.5. The van der Waals surface area contributed by atoms with Gasteiger partial charge in [-0.05, 0) is 44.6 Å². The van der Waals surface area contributed by atoms with E-state index in [4.69, 9.17) is 0 Å². The summed E-state index contributed by atoms with van der Waals surface area (Å²) in [6.45, 7) is 4.14. The summed E-state index contributed by atoms with van der Waals surface area (Å²) in [5.41, 5.74) is 0.398. The summed E-state index contributed by atoms with van der Waals surface area (Å²) in [5.74, 6) is -0.513. The number of hydrogen-bond donors (Lipinski definition) is 2. The minimum atomic E-state index is -0.824. The monoisotopic (exact) mass is 293 g/mol. The number of carbonyl (C=O) groups is 2. The van der Waals surface area contributed by atoms with Crippen LogP contribution in [0.4, 0.5) is 0 Å². The summed E-state index contributed by atoms with van der Waals surface area (Å²) in [6.07, 6.45) is 3.03. The first-order valence-corrected chi connectivity index (χ1v) is 7.36. The molecular weight excluding hydrogens is 270 g/mol. The van der Waals surface area contributed by atoms with Gasteiger partial charge >= 0.3 is 5.97 Å². The summed E-state index contributed by atoms with van der Waals surface area (Å²) >= 11 is 0. The minimum Gasteiger partial charge on any atom is -0.481 e. The Hall–Kier alpha value is -1.85. The molecule has 6 heteroatoms. The Bertz CT molecular complexity index is 542. The maximum Gasteiger partial charge on any atom is 0.311 e. The first-order chi connectivity index (χ1) is 9.84. The number of aliphatic carboxylic acids is 1. The lowest BCUT2D eigenvalue weighted by atomic mass is 9.71. The first-order valence-electron chi connectivity index (χ1n) is 7.36. The van der Waals surface area contributed by atoms with Crippen molar-refractivity contribution in [1.82, 2.24) is 15.1 Å². The van der Waals surface area contributed by atoms with Crippen LogP contribution in [0.25, 0.3) is 0 Å². The predicted octanol–water partition coefficient (Wildman–Crippen LogP) is 1.74. The van der Waals surface area contributed by atoms with Gasteiger partial charge in [0.15, 0.2) is 0 Å².